The molecule has 1 aliphatic rings. The summed E-state index contributed by atoms with van der Waals surface area (Å²) in [6, 6.07) is 8.43. The van der Waals surface area contributed by atoms with Crippen LogP contribution >= 0.6 is 0 Å². The second kappa shape index (κ2) is 7.23. The number of aryl methyl sites for hydroxylation is 1. The maximum Gasteiger partial charge on any atom is 0.235 e. The molecule has 0 saturated heterocycles. The van der Waals surface area contributed by atoms with Crippen molar-refractivity contribution in [3.63, 3.8) is 0 Å². The minimum atomic E-state index is -0.370. The topological polar surface area (TPSA) is 83.0 Å². The van der Waals surface area contributed by atoms with Crippen LogP contribution in [0.2, 0.25) is 0 Å². The highest BCUT2D eigenvalue weighted by Gasteiger charge is 2.25. The molecule has 0 atom stereocenters. The maximum absolute atomic E-state index is 14.3. The first kappa shape index (κ1) is 17.7. The molecule has 5 rings (SSSR count). The average Bonchev–Trinajstić information content (AvgIpc) is 3.47. The number of rotatable bonds is 5. The molecule has 9 heteroatoms. The summed E-state index contributed by atoms with van der Waals surface area (Å²) in [6.07, 6.45) is 6.04. The monoisotopic (exact) mass is 393 g/mol. The van der Waals surface area contributed by atoms with Gasteiger partial charge in [-0.1, -0.05) is 25.0 Å². The van der Waals surface area contributed by atoms with Crippen LogP contribution in [-0.4, -0.2) is 34.6 Å². The molecule has 0 spiro atoms. The van der Waals surface area contributed by atoms with Gasteiger partial charge in [-0.2, -0.15) is 9.61 Å². The van der Waals surface area contributed by atoms with E-state index in [-0.39, 0.29) is 12.4 Å². The second-order valence-corrected chi connectivity index (χ2v) is 7.25. The lowest BCUT2D eigenvalue weighted by Gasteiger charge is -2.15. The Morgan fingerprint density at radius 1 is 1.17 bits per heavy atom. The Kier molecular flexibility index (Phi) is 4.42. The number of benzene rings is 1. The lowest BCUT2D eigenvalue weighted by molar-refractivity contribution is 0.269. The molecule has 0 unspecified atom stereocenters. The van der Waals surface area contributed by atoms with Crippen molar-refractivity contribution in [2.75, 3.05) is 0 Å². The molecule has 1 saturated carbocycles. The summed E-state index contributed by atoms with van der Waals surface area (Å²) in [5.74, 6) is 1.55. The van der Waals surface area contributed by atoms with Gasteiger partial charge < -0.3 is 4.74 Å². The van der Waals surface area contributed by atoms with E-state index >= 15 is 0 Å². The molecular weight excluding hydrogens is 373 g/mol. The molecule has 0 radical (unpaired) electrons. The minimum absolute atomic E-state index is 0.242. The van der Waals surface area contributed by atoms with E-state index in [1.165, 1.54) is 25.2 Å². The van der Waals surface area contributed by atoms with Crippen LogP contribution in [0.5, 0.6) is 5.88 Å². The van der Waals surface area contributed by atoms with Crippen LogP contribution in [0.3, 0.4) is 0 Å². The first-order chi connectivity index (χ1) is 14.2. The molecule has 148 valence electrons. The van der Waals surface area contributed by atoms with Gasteiger partial charge in [0, 0.05) is 12.6 Å². The molecule has 0 amide bonds. The average molecular weight is 393 g/mol. The Balaban J connectivity index is 1.59. The Labute approximate surface area is 166 Å². The molecule has 0 N–H and O–H groups in total. The predicted octanol–water partition coefficient (Wildman–Crippen LogP) is 3.30. The van der Waals surface area contributed by atoms with E-state index in [9.17, 15) is 4.39 Å². The molecule has 1 aromatic carbocycles. The van der Waals surface area contributed by atoms with E-state index in [4.69, 9.17) is 4.74 Å². The van der Waals surface area contributed by atoms with Gasteiger partial charge in [0.15, 0.2) is 17.3 Å². The quantitative estimate of drug-likeness (QED) is 0.517. The first-order valence-electron chi connectivity index (χ1n) is 9.67. The molecule has 3 aromatic heterocycles. The van der Waals surface area contributed by atoms with Crippen LogP contribution in [0.15, 0.2) is 36.7 Å². The standard InChI is InChI=1S/C20H20FN7O/c1-27-18(22-12-23-27)11-29-20-15(13-6-2-3-7-13)10-17-24-25-19(28(17)26-20)14-8-4-5-9-16(14)21/h4-5,8-10,12-13H,2-3,6-7,11H2,1H3. The van der Waals surface area contributed by atoms with Crippen molar-refractivity contribution in [1.82, 2.24) is 34.6 Å². The predicted molar refractivity (Wildman–Crippen MR) is 103 cm³/mol. The lowest BCUT2D eigenvalue weighted by Crippen LogP contribution is -2.10. The molecule has 4 aromatic rings. The van der Waals surface area contributed by atoms with E-state index in [1.807, 2.05) is 13.1 Å². The fourth-order valence-electron chi connectivity index (χ4n) is 3.87. The van der Waals surface area contributed by atoms with Crippen molar-refractivity contribution in [2.24, 2.45) is 7.05 Å². The number of nitrogens with zero attached hydrogens (tertiary/aromatic N) is 7. The fourth-order valence-corrected chi connectivity index (χ4v) is 3.87. The van der Waals surface area contributed by atoms with Gasteiger partial charge in [-0.05, 0) is 37.0 Å². The Morgan fingerprint density at radius 3 is 2.76 bits per heavy atom. The van der Waals surface area contributed by atoms with Crippen molar-refractivity contribution >= 4 is 5.65 Å². The smallest absolute Gasteiger partial charge is 0.235 e. The third kappa shape index (κ3) is 3.22. The van der Waals surface area contributed by atoms with E-state index in [2.05, 4.69) is 25.4 Å². The van der Waals surface area contributed by atoms with Gasteiger partial charge in [0.05, 0.1) is 5.56 Å². The van der Waals surface area contributed by atoms with E-state index in [1.54, 1.807) is 27.4 Å². The summed E-state index contributed by atoms with van der Waals surface area (Å²) in [6.45, 7) is 0.242. The third-order valence-corrected chi connectivity index (χ3v) is 5.44. The van der Waals surface area contributed by atoms with Crippen molar-refractivity contribution in [3.05, 3.63) is 53.9 Å². The van der Waals surface area contributed by atoms with Crippen LogP contribution < -0.4 is 4.74 Å². The number of fused-ring (bicyclic) bond motifs is 1. The van der Waals surface area contributed by atoms with Crippen LogP contribution in [0.25, 0.3) is 17.0 Å². The van der Waals surface area contributed by atoms with Crippen molar-refractivity contribution in [2.45, 2.75) is 38.2 Å². The summed E-state index contributed by atoms with van der Waals surface area (Å²) in [7, 11) is 1.82. The fraction of sp³-hybridized carbons (Fsp3) is 0.350. The molecule has 3 heterocycles. The van der Waals surface area contributed by atoms with Crippen LogP contribution in [0.4, 0.5) is 4.39 Å². The molecule has 8 nitrogen and oxygen atoms in total. The molecule has 1 aliphatic carbocycles. The van der Waals surface area contributed by atoms with Crippen molar-refractivity contribution < 1.29 is 9.13 Å². The molecule has 1 fully saturated rings. The van der Waals surface area contributed by atoms with Crippen LogP contribution in [-0.2, 0) is 13.7 Å². The Morgan fingerprint density at radius 2 is 2.00 bits per heavy atom. The highest BCUT2D eigenvalue weighted by molar-refractivity contribution is 5.60. The molecule has 0 bridgehead atoms. The van der Waals surface area contributed by atoms with Crippen molar-refractivity contribution in [1.29, 1.82) is 0 Å². The van der Waals surface area contributed by atoms with E-state index in [0.717, 1.165) is 18.4 Å². The van der Waals surface area contributed by atoms with Crippen LogP contribution in [0.1, 0.15) is 43.0 Å². The zero-order valence-corrected chi connectivity index (χ0v) is 16.0. The van der Waals surface area contributed by atoms with Gasteiger partial charge in [0.2, 0.25) is 5.88 Å². The summed E-state index contributed by atoms with van der Waals surface area (Å²) in [5, 5.41) is 17.2. The van der Waals surface area contributed by atoms with Crippen molar-refractivity contribution in [3.8, 4) is 17.3 Å². The molecular formula is C20H20FN7O. The van der Waals surface area contributed by atoms with Gasteiger partial charge in [-0.3, -0.25) is 4.68 Å². The Hall–Kier alpha value is -3.36. The Bertz CT molecular complexity index is 1160. The normalized spacial score (nSPS) is 14.7. The number of ether oxygens (including phenoxy) is 1. The number of halogens is 1. The molecule has 0 aliphatic heterocycles. The van der Waals surface area contributed by atoms with Crippen LogP contribution in [0, 0.1) is 5.82 Å². The largest absolute Gasteiger partial charge is 0.468 e. The summed E-state index contributed by atoms with van der Waals surface area (Å²) < 4.78 is 23.6. The summed E-state index contributed by atoms with van der Waals surface area (Å²) >= 11 is 0. The SMILES string of the molecule is Cn1ncnc1COc1nn2c(-c3ccccc3F)nnc2cc1C1CCCC1. The lowest BCUT2D eigenvalue weighted by atomic mass is 9.99. The zero-order chi connectivity index (χ0) is 19.8. The number of aromatic nitrogens is 7. The highest BCUT2D eigenvalue weighted by atomic mass is 19.1. The number of hydrogen-bond acceptors (Lipinski definition) is 6. The zero-order valence-electron chi connectivity index (χ0n) is 16.0. The third-order valence-electron chi connectivity index (χ3n) is 5.44. The van der Waals surface area contributed by atoms with Gasteiger partial charge in [-0.25, -0.2) is 9.37 Å². The van der Waals surface area contributed by atoms with E-state index < -0.39 is 0 Å². The molecule has 29 heavy (non-hydrogen) atoms. The van der Waals surface area contributed by atoms with E-state index in [0.29, 0.717) is 34.7 Å². The van der Waals surface area contributed by atoms with Gasteiger partial charge in [-0.15, -0.1) is 15.3 Å². The summed E-state index contributed by atoms with van der Waals surface area (Å²) in [5.41, 5.74) is 1.95. The van der Waals surface area contributed by atoms with Gasteiger partial charge in [0.25, 0.3) is 0 Å². The second-order valence-electron chi connectivity index (χ2n) is 7.25. The minimum Gasteiger partial charge on any atom is -0.468 e. The summed E-state index contributed by atoms with van der Waals surface area (Å²) in [4.78, 5) is 4.21. The van der Waals surface area contributed by atoms with Gasteiger partial charge in [0.1, 0.15) is 18.8 Å². The highest BCUT2D eigenvalue weighted by Crippen LogP contribution is 2.38. The van der Waals surface area contributed by atoms with Gasteiger partial charge >= 0.3 is 0 Å². The number of hydrogen-bond donors (Lipinski definition) is 0. The maximum atomic E-state index is 14.3. The first-order valence-corrected chi connectivity index (χ1v) is 9.67.